The standard InChI is InChI=1S/C64H110NO8P/c1-6-8-10-12-14-16-18-20-22-24-26-28-30-31-32-33-35-37-39-41-43-45-47-49-51-53-55-57-64(67)73-62(61-72-74(68,69)71-59-58-65(3,4)5)60-70-63(66)56-54-52-50-48-46-44-42-40-38-36-34-29-27-25-23-21-19-17-15-13-11-9-7-2/h8-11,14-17,20-23,26-29,31-32,62H,6-7,12-13,18-19,24-25,30,33-61H2,1-5H3/p+1/b10-8-,11-9-,16-14-,17-15-,22-20-,23-21-,28-26-,29-27-,32-31-. The van der Waals surface area contributed by atoms with Crippen molar-refractivity contribution in [3.63, 3.8) is 0 Å². The third-order valence-corrected chi connectivity index (χ3v) is 13.3. The second-order valence-corrected chi connectivity index (χ2v) is 22.1. The van der Waals surface area contributed by atoms with Gasteiger partial charge in [0, 0.05) is 12.8 Å². The molecule has 10 heteroatoms. The number of esters is 2. The topological polar surface area (TPSA) is 108 Å². The molecule has 2 unspecified atom stereocenters. The molecule has 0 rings (SSSR count). The summed E-state index contributed by atoms with van der Waals surface area (Å²) >= 11 is 0. The molecule has 0 bridgehead atoms. The quantitative estimate of drug-likeness (QED) is 0.0211. The third kappa shape index (κ3) is 57.9. The zero-order chi connectivity index (χ0) is 54.2. The minimum Gasteiger partial charge on any atom is -0.462 e. The number of phosphoric ester groups is 1. The van der Waals surface area contributed by atoms with E-state index in [1.807, 2.05) is 21.1 Å². The van der Waals surface area contributed by atoms with Gasteiger partial charge in [-0.2, -0.15) is 0 Å². The first-order valence-corrected chi connectivity index (χ1v) is 31.1. The molecule has 0 radical (unpaired) electrons. The second kappa shape index (κ2) is 54.5. The average molecular weight is 1050 g/mol. The van der Waals surface area contributed by atoms with E-state index in [1.54, 1.807) is 0 Å². The number of unbranched alkanes of at least 4 members (excludes halogenated alkanes) is 21. The Morgan fingerprint density at radius 1 is 0.419 bits per heavy atom. The Kier molecular flexibility index (Phi) is 52.0. The molecule has 0 aromatic heterocycles. The highest BCUT2D eigenvalue weighted by molar-refractivity contribution is 7.47. The van der Waals surface area contributed by atoms with Crippen molar-refractivity contribution in [2.24, 2.45) is 0 Å². The number of ether oxygens (including phenoxy) is 2. The number of hydrogen-bond donors (Lipinski definition) is 1. The van der Waals surface area contributed by atoms with Gasteiger partial charge in [0.25, 0.3) is 0 Å². The highest BCUT2D eigenvalue weighted by Gasteiger charge is 2.27. The Bertz CT molecular complexity index is 1620. The summed E-state index contributed by atoms with van der Waals surface area (Å²) in [6.45, 7) is 4.20. The number of carbonyl (C=O) groups is 2. The van der Waals surface area contributed by atoms with Crippen LogP contribution in [0.15, 0.2) is 109 Å². The van der Waals surface area contributed by atoms with Gasteiger partial charge in [-0.1, -0.05) is 232 Å². The molecule has 0 aliphatic rings. The fourth-order valence-electron chi connectivity index (χ4n) is 7.80. The summed E-state index contributed by atoms with van der Waals surface area (Å²) in [5, 5.41) is 0. The Hall–Kier alpha value is -3.33. The van der Waals surface area contributed by atoms with Gasteiger partial charge in [0.2, 0.25) is 0 Å². The first kappa shape index (κ1) is 70.7. The zero-order valence-corrected chi connectivity index (χ0v) is 48.9. The van der Waals surface area contributed by atoms with Gasteiger partial charge < -0.3 is 18.9 Å². The van der Waals surface area contributed by atoms with Crippen molar-refractivity contribution in [3.05, 3.63) is 109 Å². The second-order valence-electron chi connectivity index (χ2n) is 20.6. The van der Waals surface area contributed by atoms with Crippen LogP contribution in [-0.2, 0) is 32.7 Å². The molecule has 0 amide bonds. The van der Waals surface area contributed by atoms with Crippen LogP contribution in [0.1, 0.15) is 232 Å². The van der Waals surface area contributed by atoms with E-state index >= 15 is 0 Å². The van der Waals surface area contributed by atoms with Gasteiger partial charge in [0.15, 0.2) is 6.10 Å². The van der Waals surface area contributed by atoms with Crippen molar-refractivity contribution in [2.45, 2.75) is 238 Å². The lowest BCUT2D eigenvalue weighted by Crippen LogP contribution is -2.37. The monoisotopic (exact) mass is 1050 g/mol. The lowest BCUT2D eigenvalue weighted by Gasteiger charge is -2.24. The van der Waals surface area contributed by atoms with Crippen molar-refractivity contribution < 1.29 is 42.1 Å². The lowest BCUT2D eigenvalue weighted by molar-refractivity contribution is -0.870. The van der Waals surface area contributed by atoms with E-state index in [4.69, 9.17) is 18.5 Å². The van der Waals surface area contributed by atoms with Gasteiger partial charge in [0.1, 0.15) is 19.8 Å². The van der Waals surface area contributed by atoms with Gasteiger partial charge >= 0.3 is 19.8 Å². The fraction of sp³-hybridized carbons (Fsp3) is 0.688. The minimum atomic E-state index is -4.40. The number of hydrogen-bond acceptors (Lipinski definition) is 7. The average Bonchev–Trinajstić information content (AvgIpc) is 3.36. The van der Waals surface area contributed by atoms with E-state index in [1.165, 1.54) is 89.9 Å². The summed E-state index contributed by atoms with van der Waals surface area (Å²) in [5.74, 6) is -0.809. The zero-order valence-electron chi connectivity index (χ0n) is 48.0. The number of likely N-dealkylation sites (N-methyl/N-ethyl adjacent to an activating group) is 1. The van der Waals surface area contributed by atoms with Crippen LogP contribution in [0.25, 0.3) is 0 Å². The first-order chi connectivity index (χ1) is 36.0. The largest absolute Gasteiger partial charge is 0.472 e. The maximum atomic E-state index is 12.8. The lowest BCUT2D eigenvalue weighted by atomic mass is 10.0. The van der Waals surface area contributed by atoms with Crippen LogP contribution in [0.3, 0.4) is 0 Å². The van der Waals surface area contributed by atoms with Crippen molar-refractivity contribution in [1.82, 2.24) is 0 Å². The van der Waals surface area contributed by atoms with Crippen LogP contribution in [-0.4, -0.2) is 74.9 Å². The molecule has 1 N–H and O–H groups in total. The molecule has 9 nitrogen and oxygen atoms in total. The number of quaternary nitrogens is 1. The van der Waals surface area contributed by atoms with Crippen LogP contribution < -0.4 is 0 Å². The molecule has 0 aromatic rings. The number of phosphoric acid groups is 1. The van der Waals surface area contributed by atoms with Gasteiger partial charge in [0.05, 0.1) is 27.7 Å². The Labute approximate surface area is 455 Å². The summed E-state index contributed by atoms with van der Waals surface area (Å²) in [4.78, 5) is 35.7. The van der Waals surface area contributed by atoms with E-state index in [0.29, 0.717) is 17.4 Å². The van der Waals surface area contributed by atoms with Crippen molar-refractivity contribution in [3.8, 4) is 0 Å². The maximum Gasteiger partial charge on any atom is 0.472 e. The van der Waals surface area contributed by atoms with E-state index in [2.05, 4.69) is 123 Å². The van der Waals surface area contributed by atoms with Crippen molar-refractivity contribution in [1.29, 1.82) is 0 Å². The SMILES string of the molecule is CC/C=C\C/C=C\C/C=C\C/C=C\C/C=C\CCCCCCCCCCCCCC(=O)OC(COC(=O)CCCCCCCCCCCC/C=C\C/C=C\C/C=C\C/C=C\CC)COP(=O)(O)OCC[N+](C)(C)C. The summed E-state index contributed by atoms with van der Waals surface area (Å²) in [6, 6.07) is 0. The van der Waals surface area contributed by atoms with Crippen LogP contribution >= 0.6 is 7.82 Å². The third-order valence-electron chi connectivity index (χ3n) is 12.3. The highest BCUT2D eigenvalue weighted by Crippen LogP contribution is 2.43. The molecule has 0 spiro atoms. The fourth-order valence-corrected chi connectivity index (χ4v) is 8.54. The van der Waals surface area contributed by atoms with Crippen LogP contribution in [0.5, 0.6) is 0 Å². The molecule has 424 valence electrons. The normalized spacial score (nSPS) is 14.1. The summed E-state index contributed by atoms with van der Waals surface area (Å²) in [6.07, 6.45) is 75.8. The van der Waals surface area contributed by atoms with Gasteiger partial charge in [-0.15, -0.1) is 0 Å². The number of carbonyl (C=O) groups excluding carboxylic acids is 2. The van der Waals surface area contributed by atoms with E-state index < -0.39 is 26.5 Å². The summed E-state index contributed by atoms with van der Waals surface area (Å²) < 4.78 is 34.6. The Morgan fingerprint density at radius 2 is 0.730 bits per heavy atom. The molecule has 0 aromatic carbocycles. The molecular formula is C64H111NO8P+. The predicted molar refractivity (Wildman–Crippen MR) is 316 cm³/mol. The molecule has 0 saturated heterocycles. The molecule has 0 fully saturated rings. The smallest absolute Gasteiger partial charge is 0.462 e. The summed E-state index contributed by atoms with van der Waals surface area (Å²) in [5.41, 5.74) is 0. The van der Waals surface area contributed by atoms with E-state index in [-0.39, 0.29) is 32.0 Å². The minimum absolute atomic E-state index is 0.0253. The first-order valence-electron chi connectivity index (χ1n) is 29.6. The highest BCUT2D eigenvalue weighted by atomic mass is 31.2. The number of allylic oxidation sites excluding steroid dienone is 18. The van der Waals surface area contributed by atoms with Crippen LogP contribution in [0, 0.1) is 0 Å². The van der Waals surface area contributed by atoms with E-state index in [9.17, 15) is 19.0 Å². The van der Waals surface area contributed by atoms with Gasteiger partial charge in [-0.25, -0.2) is 4.57 Å². The van der Waals surface area contributed by atoms with E-state index in [0.717, 1.165) is 109 Å². The summed E-state index contributed by atoms with van der Waals surface area (Å²) in [7, 11) is 1.46. The van der Waals surface area contributed by atoms with Crippen molar-refractivity contribution >= 4 is 19.8 Å². The molecule has 0 aliphatic heterocycles. The molecular weight excluding hydrogens is 942 g/mol. The molecule has 2 atom stereocenters. The van der Waals surface area contributed by atoms with Crippen molar-refractivity contribution in [2.75, 3.05) is 47.5 Å². The van der Waals surface area contributed by atoms with Gasteiger partial charge in [-0.05, 0) is 96.3 Å². The number of nitrogens with zero attached hydrogens (tertiary/aromatic N) is 1. The van der Waals surface area contributed by atoms with Crippen LogP contribution in [0.2, 0.25) is 0 Å². The molecule has 0 heterocycles. The predicted octanol–water partition coefficient (Wildman–Crippen LogP) is 18.6. The molecule has 74 heavy (non-hydrogen) atoms. The maximum absolute atomic E-state index is 12.8. The van der Waals surface area contributed by atoms with Gasteiger partial charge in [-0.3, -0.25) is 18.6 Å². The molecule has 0 saturated carbocycles. The Morgan fingerprint density at radius 3 is 1.08 bits per heavy atom. The molecule has 0 aliphatic carbocycles. The Balaban J connectivity index is 4.18. The number of rotatable bonds is 53. The van der Waals surface area contributed by atoms with Crippen LogP contribution in [0.4, 0.5) is 0 Å².